The van der Waals surface area contributed by atoms with Gasteiger partial charge in [0, 0.05) is 18.8 Å². The first-order chi connectivity index (χ1) is 10.6. The number of rotatable bonds is 4. The minimum absolute atomic E-state index is 0.220. The van der Waals surface area contributed by atoms with Gasteiger partial charge in [-0.3, -0.25) is 4.72 Å². The molecule has 1 heterocycles. The van der Waals surface area contributed by atoms with Gasteiger partial charge in [0.2, 0.25) is 0 Å². The van der Waals surface area contributed by atoms with Crippen molar-refractivity contribution in [1.82, 2.24) is 0 Å². The van der Waals surface area contributed by atoms with Gasteiger partial charge in [0.05, 0.1) is 15.6 Å². The molecule has 0 saturated carbocycles. The summed E-state index contributed by atoms with van der Waals surface area (Å²) in [4.78, 5) is 2.45. The molecule has 2 aromatic carbocycles. The molecule has 1 saturated heterocycles. The number of hydrogen-bond acceptors (Lipinski definition) is 3. The Hall–Kier alpha value is -1.72. The number of hydrogen-bond donors (Lipinski definition) is 1. The van der Waals surface area contributed by atoms with E-state index in [0.29, 0.717) is 10.7 Å². The van der Waals surface area contributed by atoms with E-state index in [2.05, 4.69) is 9.62 Å². The minimum Gasteiger partial charge on any atom is -0.371 e. The topological polar surface area (TPSA) is 49.4 Å². The van der Waals surface area contributed by atoms with Gasteiger partial charge < -0.3 is 4.90 Å². The van der Waals surface area contributed by atoms with Crippen molar-refractivity contribution < 1.29 is 8.42 Å². The molecule has 0 atom stereocenters. The molecule has 0 bridgehead atoms. The predicted octanol–water partition coefficient (Wildman–Crippen LogP) is 3.74. The van der Waals surface area contributed by atoms with E-state index in [4.69, 9.17) is 11.6 Å². The zero-order valence-electron chi connectivity index (χ0n) is 12.0. The Labute approximate surface area is 135 Å². The summed E-state index contributed by atoms with van der Waals surface area (Å²) in [6.07, 6.45) is 2.32. The third-order valence-electron chi connectivity index (χ3n) is 3.72. The highest BCUT2D eigenvalue weighted by atomic mass is 35.5. The molecule has 22 heavy (non-hydrogen) atoms. The summed E-state index contributed by atoms with van der Waals surface area (Å²) in [5.41, 5.74) is 1.41. The van der Waals surface area contributed by atoms with E-state index in [1.165, 1.54) is 0 Å². The van der Waals surface area contributed by atoms with Gasteiger partial charge in [-0.1, -0.05) is 29.8 Å². The third kappa shape index (κ3) is 3.20. The largest absolute Gasteiger partial charge is 0.371 e. The molecule has 0 aliphatic carbocycles. The maximum Gasteiger partial charge on any atom is 0.261 e. The predicted molar refractivity (Wildman–Crippen MR) is 90.1 cm³/mol. The van der Waals surface area contributed by atoms with Crippen molar-refractivity contribution in [2.45, 2.75) is 17.7 Å². The van der Waals surface area contributed by atoms with Gasteiger partial charge in [-0.15, -0.1) is 0 Å². The Balaban J connectivity index is 1.90. The summed E-state index contributed by atoms with van der Waals surface area (Å²) in [6.45, 7) is 1.99. The lowest BCUT2D eigenvalue weighted by molar-refractivity contribution is 0.601. The molecular formula is C16H17ClN2O2S. The van der Waals surface area contributed by atoms with Crippen LogP contribution in [0.4, 0.5) is 11.4 Å². The van der Waals surface area contributed by atoms with Crippen molar-refractivity contribution in [3.63, 3.8) is 0 Å². The first-order valence-electron chi connectivity index (χ1n) is 7.19. The van der Waals surface area contributed by atoms with E-state index in [0.717, 1.165) is 31.6 Å². The SMILES string of the molecule is O=S(=O)(Nc1cc(N2CCCC2)ccc1Cl)c1ccccc1. The second kappa shape index (κ2) is 6.18. The summed E-state index contributed by atoms with van der Waals surface area (Å²) >= 11 is 6.15. The van der Waals surface area contributed by atoms with Crippen LogP contribution in [0, 0.1) is 0 Å². The maximum atomic E-state index is 12.4. The van der Waals surface area contributed by atoms with Crippen LogP contribution >= 0.6 is 11.6 Å². The third-order valence-corrected chi connectivity index (χ3v) is 5.43. The van der Waals surface area contributed by atoms with Crippen LogP contribution in [0.2, 0.25) is 5.02 Å². The summed E-state index contributed by atoms with van der Waals surface area (Å²) in [6, 6.07) is 13.7. The first-order valence-corrected chi connectivity index (χ1v) is 9.05. The molecule has 4 nitrogen and oxygen atoms in total. The van der Waals surface area contributed by atoms with E-state index in [1.54, 1.807) is 42.5 Å². The number of nitrogens with one attached hydrogen (secondary N) is 1. The standard InChI is InChI=1S/C16H17ClN2O2S/c17-15-9-8-13(19-10-4-5-11-19)12-16(15)18-22(20,21)14-6-2-1-3-7-14/h1-3,6-9,12,18H,4-5,10-11H2. The van der Waals surface area contributed by atoms with Gasteiger partial charge in [0.25, 0.3) is 10.0 Å². The Morgan fingerprint density at radius 3 is 2.36 bits per heavy atom. The van der Waals surface area contributed by atoms with Crippen LogP contribution in [0.15, 0.2) is 53.4 Å². The zero-order valence-corrected chi connectivity index (χ0v) is 13.6. The van der Waals surface area contributed by atoms with Gasteiger partial charge in [0.1, 0.15) is 0 Å². The van der Waals surface area contributed by atoms with Crippen LogP contribution in [0.25, 0.3) is 0 Å². The molecular weight excluding hydrogens is 320 g/mol. The van der Waals surface area contributed by atoms with Gasteiger partial charge in [-0.25, -0.2) is 8.42 Å². The van der Waals surface area contributed by atoms with Crippen LogP contribution < -0.4 is 9.62 Å². The smallest absolute Gasteiger partial charge is 0.261 e. The minimum atomic E-state index is -3.63. The summed E-state index contributed by atoms with van der Waals surface area (Å²) in [5.74, 6) is 0. The molecule has 2 aromatic rings. The Bertz CT molecular complexity index is 757. The number of nitrogens with zero attached hydrogens (tertiary/aromatic N) is 1. The molecule has 116 valence electrons. The quantitative estimate of drug-likeness (QED) is 0.925. The summed E-state index contributed by atoms with van der Waals surface area (Å²) in [7, 11) is -3.63. The van der Waals surface area contributed by atoms with E-state index in [1.807, 2.05) is 6.07 Å². The molecule has 6 heteroatoms. The van der Waals surface area contributed by atoms with Crippen LogP contribution in [0.3, 0.4) is 0 Å². The highest BCUT2D eigenvalue weighted by Gasteiger charge is 2.18. The Morgan fingerprint density at radius 1 is 1.00 bits per heavy atom. The number of benzene rings is 2. The lowest BCUT2D eigenvalue weighted by Gasteiger charge is -2.19. The number of sulfonamides is 1. The van der Waals surface area contributed by atoms with Crippen molar-refractivity contribution in [1.29, 1.82) is 0 Å². The highest BCUT2D eigenvalue weighted by Crippen LogP contribution is 2.31. The average Bonchev–Trinajstić information content (AvgIpc) is 3.04. The molecule has 1 aliphatic rings. The fourth-order valence-corrected chi connectivity index (χ4v) is 3.88. The molecule has 3 rings (SSSR count). The highest BCUT2D eigenvalue weighted by molar-refractivity contribution is 7.92. The van der Waals surface area contributed by atoms with Gasteiger partial charge in [0.15, 0.2) is 0 Å². The van der Waals surface area contributed by atoms with E-state index in [9.17, 15) is 8.42 Å². The summed E-state index contributed by atoms with van der Waals surface area (Å²) < 4.78 is 27.4. The molecule has 1 fully saturated rings. The Kier molecular flexibility index (Phi) is 4.27. The second-order valence-electron chi connectivity index (χ2n) is 5.28. The van der Waals surface area contributed by atoms with Crippen LogP contribution in [-0.2, 0) is 10.0 Å². The normalized spacial score (nSPS) is 15.0. The molecule has 0 spiro atoms. The fourth-order valence-electron chi connectivity index (χ4n) is 2.57. The van der Waals surface area contributed by atoms with Crippen molar-refractivity contribution in [3.05, 3.63) is 53.6 Å². The van der Waals surface area contributed by atoms with Crippen molar-refractivity contribution in [3.8, 4) is 0 Å². The van der Waals surface area contributed by atoms with Crippen LogP contribution in [-0.4, -0.2) is 21.5 Å². The van der Waals surface area contributed by atoms with Gasteiger partial charge in [-0.2, -0.15) is 0 Å². The summed E-state index contributed by atoms with van der Waals surface area (Å²) in [5, 5.41) is 0.391. The lowest BCUT2D eigenvalue weighted by atomic mass is 10.2. The molecule has 0 amide bonds. The van der Waals surface area contributed by atoms with Crippen molar-refractivity contribution in [2.24, 2.45) is 0 Å². The number of halogens is 1. The zero-order chi connectivity index (χ0) is 15.6. The van der Waals surface area contributed by atoms with Gasteiger partial charge in [-0.05, 0) is 43.2 Å². The molecule has 1 aliphatic heterocycles. The lowest BCUT2D eigenvalue weighted by Crippen LogP contribution is -2.18. The molecule has 0 aromatic heterocycles. The monoisotopic (exact) mass is 336 g/mol. The first kappa shape index (κ1) is 15.2. The Morgan fingerprint density at radius 2 is 1.68 bits per heavy atom. The molecule has 0 unspecified atom stereocenters. The van der Waals surface area contributed by atoms with Crippen molar-refractivity contribution >= 4 is 33.0 Å². The van der Waals surface area contributed by atoms with Gasteiger partial charge >= 0.3 is 0 Å². The van der Waals surface area contributed by atoms with Crippen LogP contribution in [0.5, 0.6) is 0 Å². The van der Waals surface area contributed by atoms with E-state index < -0.39 is 10.0 Å². The molecule has 1 N–H and O–H groups in total. The van der Waals surface area contributed by atoms with Crippen LogP contribution in [0.1, 0.15) is 12.8 Å². The van der Waals surface area contributed by atoms with E-state index >= 15 is 0 Å². The fraction of sp³-hybridized carbons (Fsp3) is 0.250. The molecule has 0 radical (unpaired) electrons. The van der Waals surface area contributed by atoms with E-state index in [-0.39, 0.29) is 4.90 Å². The maximum absolute atomic E-state index is 12.4. The second-order valence-corrected chi connectivity index (χ2v) is 7.37. The van der Waals surface area contributed by atoms with Crippen molar-refractivity contribution in [2.75, 3.05) is 22.7 Å². The average molecular weight is 337 g/mol. The number of anilines is 2.